The smallest absolute Gasteiger partial charge is 0.321 e. The predicted octanol–water partition coefficient (Wildman–Crippen LogP) is 2.57. The summed E-state index contributed by atoms with van der Waals surface area (Å²) in [5.74, 6) is 0.648. The van der Waals surface area contributed by atoms with E-state index in [-0.39, 0.29) is 18.2 Å². The maximum absolute atomic E-state index is 11.8. The number of rotatable bonds is 4. The average molecular weight is 310 g/mol. The molecule has 0 aromatic carbocycles. The molecule has 0 bridgehead atoms. The van der Waals surface area contributed by atoms with Crippen molar-refractivity contribution in [2.75, 3.05) is 12.4 Å². The summed E-state index contributed by atoms with van der Waals surface area (Å²) in [6, 6.07) is 1.90. The molecular weight excluding hydrogens is 296 g/mol. The molecule has 2 aromatic rings. The zero-order valence-electron chi connectivity index (χ0n) is 10.8. The van der Waals surface area contributed by atoms with Crippen LogP contribution < -0.4 is 10.6 Å². The SMILES string of the molecule is COC1CC(NC(=O)Nc2nc(-c3ccsc3)ns2)C1. The van der Waals surface area contributed by atoms with Crippen LogP contribution in [0.5, 0.6) is 0 Å². The van der Waals surface area contributed by atoms with E-state index in [2.05, 4.69) is 20.0 Å². The number of carbonyl (C=O) groups is 1. The molecule has 1 aliphatic rings. The van der Waals surface area contributed by atoms with Crippen LogP contribution in [0.15, 0.2) is 16.8 Å². The van der Waals surface area contributed by atoms with Crippen molar-refractivity contribution in [2.24, 2.45) is 0 Å². The molecule has 1 aliphatic carbocycles. The van der Waals surface area contributed by atoms with Crippen molar-refractivity contribution >= 4 is 34.0 Å². The lowest BCUT2D eigenvalue weighted by Crippen LogP contribution is -2.48. The lowest BCUT2D eigenvalue weighted by atomic mass is 9.89. The van der Waals surface area contributed by atoms with E-state index >= 15 is 0 Å². The van der Waals surface area contributed by atoms with Gasteiger partial charge in [-0.25, -0.2) is 4.79 Å². The zero-order valence-corrected chi connectivity index (χ0v) is 12.5. The van der Waals surface area contributed by atoms with Crippen LogP contribution in [-0.4, -0.2) is 34.6 Å². The van der Waals surface area contributed by atoms with Gasteiger partial charge in [-0.3, -0.25) is 5.32 Å². The number of thiophene rings is 1. The Morgan fingerprint density at radius 1 is 1.50 bits per heavy atom. The highest BCUT2D eigenvalue weighted by molar-refractivity contribution is 7.10. The summed E-state index contributed by atoms with van der Waals surface area (Å²) in [6.45, 7) is 0. The number of nitrogens with one attached hydrogen (secondary N) is 2. The topological polar surface area (TPSA) is 76.1 Å². The minimum Gasteiger partial charge on any atom is -0.381 e. The highest BCUT2D eigenvalue weighted by atomic mass is 32.1. The fourth-order valence-electron chi connectivity index (χ4n) is 1.98. The fourth-order valence-corrected chi connectivity index (χ4v) is 3.20. The van der Waals surface area contributed by atoms with Gasteiger partial charge in [0, 0.05) is 35.6 Å². The van der Waals surface area contributed by atoms with Crippen LogP contribution in [0.3, 0.4) is 0 Å². The quantitative estimate of drug-likeness (QED) is 0.910. The molecule has 1 fully saturated rings. The first kappa shape index (κ1) is 13.5. The van der Waals surface area contributed by atoms with Gasteiger partial charge >= 0.3 is 6.03 Å². The molecule has 0 saturated heterocycles. The molecule has 0 radical (unpaired) electrons. The number of carbonyl (C=O) groups excluding carboxylic acids is 1. The van der Waals surface area contributed by atoms with Gasteiger partial charge < -0.3 is 10.1 Å². The van der Waals surface area contributed by atoms with Crippen LogP contribution in [0.1, 0.15) is 12.8 Å². The van der Waals surface area contributed by atoms with Crippen molar-refractivity contribution in [3.63, 3.8) is 0 Å². The molecule has 0 atom stereocenters. The molecule has 6 nitrogen and oxygen atoms in total. The van der Waals surface area contributed by atoms with Gasteiger partial charge in [-0.1, -0.05) is 0 Å². The molecule has 0 aliphatic heterocycles. The number of urea groups is 1. The molecule has 0 spiro atoms. The van der Waals surface area contributed by atoms with E-state index < -0.39 is 0 Å². The van der Waals surface area contributed by atoms with Crippen molar-refractivity contribution in [3.05, 3.63) is 16.8 Å². The van der Waals surface area contributed by atoms with Crippen LogP contribution in [0, 0.1) is 0 Å². The molecule has 2 N–H and O–H groups in total. The van der Waals surface area contributed by atoms with Gasteiger partial charge in [0.2, 0.25) is 5.13 Å². The number of hydrogen-bond acceptors (Lipinski definition) is 6. The van der Waals surface area contributed by atoms with Gasteiger partial charge in [0.1, 0.15) is 0 Å². The van der Waals surface area contributed by atoms with E-state index in [0.29, 0.717) is 11.0 Å². The first-order valence-corrected chi connectivity index (χ1v) is 7.93. The Labute approximate surface area is 124 Å². The van der Waals surface area contributed by atoms with Gasteiger partial charge in [-0.15, -0.1) is 0 Å². The molecule has 0 unspecified atom stereocenters. The van der Waals surface area contributed by atoms with Crippen LogP contribution in [0.4, 0.5) is 9.93 Å². The molecule has 106 valence electrons. The first-order chi connectivity index (χ1) is 9.74. The second-order valence-corrected chi connectivity index (χ2v) is 6.09. The largest absolute Gasteiger partial charge is 0.381 e. The molecule has 3 rings (SSSR count). The lowest BCUT2D eigenvalue weighted by Gasteiger charge is -2.34. The molecule has 2 aromatic heterocycles. The number of hydrogen-bond donors (Lipinski definition) is 2. The summed E-state index contributed by atoms with van der Waals surface area (Å²) >= 11 is 2.77. The van der Waals surface area contributed by atoms with Gasteiger partial charge in [0.05, 0.1) is 6.10 Å². The third-order valence-corrected chi connectivity index (χ3v) is 4.50. The number of anilines is 1. The summed E-state index contributed by atoms with van der Waals surface area (Å²) in [5.41, 5.74) is 0.974. The number of ether oxygens (including phenoxy) is 1. The van der Waals surface area contributed by atoms with Crippen molar-refractivity contribution < 1.29 is 9.53 Å². The second kappa shape index (κ2) is 5.86. The third kappa shape index (κ3) is 2.97. The maximum atomic E-state index is 11.8. The zero-order chi connectivity index (χ0) is 13.9. The van der Waals surface area contributed by atoms with Crippen molar-refractivity contribution in [1.82, 2.24) is 14.7 Å². The number of aromatic nitrogens is 2. The maximum Gasteiger partial charge on any atom is 0.321 e. The Hall–Kier alpha value is -1.51. The normalized spacial score (nSPS) is 21.2. The summed E-state index contributed by atoms with van der Waals surface area (Å²) in [5, 5.41) is 10.1. The first-order valence-electron chi connectivity index (χ1n) is 6.21. The summed E-state index contributed by atoms with van der Waals surface area (Å²) in [4.78, 5) is 16.1. The summed E-state index contributed by atoms with van der Waals surface area (Å²) in [6.07, 6.45) is 1.99. The van der Waals surface area contributed by atoms with Crippen LogP contribution in [-0.2, 0) is 4.74 Å². The Morgan fingerprint density at radius 3 is 3.05 bits per heavy atom. The molecule has 2 heterocycles. The molecule has 2 amide bonds. The Morgan fingerprint density at radius 2 is 2.35 bits per heavy atom. The monoisotopic (exact) mass is 310 g/mol. The van der Waals surface area contributed by atoms with Gasteiger partial charge in [0.25, 0.3) is 0 Å². The van der Waals surface area contributed by atoms with Crippen LogP contribution >= 0.6 is 22.9 Å². The second-order valence-electron chi connectivity index (χ2n) is 4.56. The van der Waals surface area contributed by atoms with E-state index in [4.69, 9.17) is 4.74 Å². The minimum atomic E-state index is -0.238. The highest BCUT2D eigenvalue weighted by Gasteiger charge is 2.30. The van der Waals surface area contributed by atoms with Crippen LogP contribution in [0.25, 0.3) is 11.4 Å². The molecule has 8 heteroatoms. The Kier molecular flexibility index (Phi) is 3.95. The van der Waals surface area contributed by atoms with Crippen molar-refractivity contribution in [1.29, 1.82) is 0 Å². The van der Waals surface area contributed by atoms with E-state index in [1.54, 1.807) is 18.4 Å². The fraction of sp³-hybridized carbons (Fsp3) is 0.417. The summed E-state index contributed by atoms with van der Waals surface area (Å²) in [7, 11) is 1.69. The molecular formula is C12H14N4O2S2. The minimum absolute atomic E-state index is 0.184. The lowest BCUT2D eigenvalue weighted by molar-refractivity contribution is 0.0210. The molecule has 20 heavy (non-hydrogen) atoms. The third-order valence-electron chi connectivity index (χ3n) is 3.19. The van der Waals surface area contributed by atoms with E-state index in [9.17, 15) is 4.79 Å². The van der Waals surface area contributed by atoms with Crippen molar-refractivity contribution in [2.45, 2.75) is 25.0 Å². The van der Waals surface area contributed by atoms with Crippen molar-refractivity contribution in [3.8, 4) is 11.4 Å². The van der Waals surface area contributed by atoms with E-state index in [1.807, 2.05) is 16.8 Å². The van der Waals surface area contributed by atoms with Gasteiger partial charge in [0.15, 0.2) is 5.82 Å². The van der Waals surface area contributed by atoms with Gasteiger partial charge in [-0.2, -0.15) is 20.7 Å². The average Bonchev–Trinajstić information content (AvgIpc) is 3.03. The predicted molar refractivity (Wildman–Crippen MR) is 79.2 cm³/mol. The number of nitrogens with zero attached hydrogens (tertiary/aromatic N) is 2. The standard InChI is InChI=1S/C12H14N4O2S2/c1-18-9-4-8(5-9)13-11(17)15-12-14-10(16-20-12)7-2-3-19-6-7/h2-3,6,8-9H,4-5H2,1H3,(H2,13,14,15,16,17). The van der Waals surface area contributed by atoms with Gasteiger partial charge in [-0.05, 0) is 24.3 Å². The van der Waals surface area contributed by atoms with E-state index in [0.717, 1.165) is 18.4 Å². The highest BCUT2D eigenvalue weighted by Crippen LogP contribution is 2.24. The Balaban J connectivity index is 1.52. The van der Waals surface area contributed by atoms with E-state index in [1.165, 1.54) is 11.5 Å². The van der Waals surface area contributed by atoms with Crippen LogP contribution in [0.2, 0.25) is 0 Å². The Bertz CT molecular complexity index is 578. The number of amides is 2. The summed E-state index contributed by atoms with van der Waals surface area (Å²) < 4.78 is 9.39. The number of methoxy groups -OCH3 is 1. The molecule has 1 saturated carbocycles.